The minimum atomic E-state index is -0.611. The van der Waals surface area contributed by atoms with E-state index in [1.807, 2.05) is 11.9 Å². The van der Waals surface area contributed by atoms with Crippen LogP contribution in [0.3, 0.4) is 0 Å². The minimum absolute atomic E-state index is 0.198. The Labute approximate surface area is 106 Å². The van der Waals surface area contributed by atoms with E-state index in [0.717, 1.165) is 19.5 Å². The molecule has 2 rings (SSSR count). The van der Waals surface area contributed by atoms with Gasteiger partial charge in [0.25, 0.3) is 0 Å². The Hall–Kier alpha value is -1.62. The van der Waals surface area contributed by atoms with Gasteiger partial charge in [-0.1, -0.05) is 0 Å². The fourth-order valence-corrected chi connectivity index (χ4v) is 2.31. The fourth-order valence-electron chi connectivity index (χ4n) is 2.31. The van der Waals surface area contributed by atoms with Crippen LogP contribution in [0.4, 0.5) is 10.1 Å². The number of halogens is 1. The van der Waals surface area contributed by atoms with Gasteiger partial charge in [0, 0.05) is 25.2 Å². The second kappa shape index (κ2) is 5.35. The lowest BCUT2D eigenvalue weighted by molar-refractivity contribution is 0.1000. The van der Waals surface area contributed by atoms with E-state index in [2.05, 4.69) is 5.32 Å². The van der Waals surface area contributed by atoms with Crippen molar-refractivity contribution < 1.29 is 9.18 Å². The Balaban J connectivity index is 2.09. The summed E-state index contributed by atoms with van der Waals surface area (Å²) in [6.45, 7) is 1.79. The summed E-state index contributed by atoms with van der Waals surface area (Å²) >= 11 is 0. The predicted molar refractivity (Wildman–Crippen MR) is 69.2 cm³/mol. The lowest BCUT2D eigenvalue weighted by Crippen LogP contribution is -2.35. The maximum absolute atomic E-state index is 13.9. The van der Waals surface area contributed by atoms with E-state index < -0.39 is 11.7 Å². The van der Waals surface area contributed by atoms with E-state index in [4.69, 9.17) is 5.73 Å². The summed E-state index contributed by atoms with van der Waals surface area (Å²) in [5.74, 6) is -1.02. The molecular weight excluding hydrogens is 233 g/mol. The molecular formula is C13H18FN3O. The van der Waals surface area contributed by atoms with E-state index in [1.165, 1.54) is 12.5 Å². The van der Waals surface area contributed by atoms with Gasteiger partial charge in [-0.15, -0.1) is 0 Å². The van der Waals surface area contributed by atoms with E-state index in [0.29, 0.717) is 11.7 Å². The SMILES string of the molecule is CN(CC1CCCN1)c1ccc(C(N)=O)cc1F. The second-order valence-corrected chi connectivity index (χ2v) is 4.70. The Morgan fingerprint density at radius 3 is 2.94 bits per heavy atom. The third-order valence-electron chi connectivity index (χ3n) is 3.30. The van der Waals surface area contributed by atoms with Crippen molar-refractivity contribution in [1.82, 2.24) is 5.32 Å². The molecule has 0 bridgehead atoms. The number of nitrogens with one attached hydrogen (secondary N) is 1. The molecule has 1 aliphatic rings. The molecule has 1 amide bonds. The maximum atomic E-state index is 13.9. The van der Waals surface area contributed by atoms with Gasteiger partial charge < -0.3 is 16.0 Å². The van der Waals surface area contributed by atoms with Crippen LogP contribution in [0.25, 0.3) is 0 Å². The van der Waals surface area contributed by atoms with Crippen molar-refractivity contribution >= 4 is 11.6 Å². The average molecular weight is 251 g/mol. The molecule has 1 saturated heterocycles. The first kappa shape index (κ1) is 12.8. The number of primary amides is 1. The molecule has 4 nitrogen and oxygen atoms in total. The zero-order valence-electron chi connectivity index (χ0n) is 10.4. The third kappa shape index (κ3) is 2.79. The highest BCUT2D eigenvalue weighted by atomic mass is 19.1. The van der Waals surface area contributed by atoms with E-state index in [1.54, 1.807) is 12.1 Å². The molecule has 0 radical (unpaired) electrons. The van der Waals surface area contributed by atoms with Crippen LogP contribution >= 0.6 is 0 Å². The number of benzene rings is 1. The molecule has 1 heterocycles. The van der Waals surface area contributed by atoms with Gasteiger partial charge >= 0.3 is 0 Å². The zero-order valence-corrected chi connectivity index (χ0v) is 10.4. The minimum Gasteiger partial charge on any atom is -0.371 e. The Kier molecular flexibility index (Phi) is 3.81. The highest BCUT2D eigenvalue weighted by Crippen LogP contribution is 2.20. The number of likely N-dealkylation sites (N-methyl/N-ethyl adjacent to an activating group) is 1. The van der Waals surface area contributed by atoms with Gasteiger partial charge in [0.1, 0.15) is 5.82 Å². The number of nitrogens with zero attached hydrogens (tertiary/aromatic N) is 1. The van der Waals surface area contributed by atoms with Crippen molar-refractivity contribution in [2.24, 2.45) is 5.73 Å². The maximum Gasteiger partial charge on any atom is 0.248 e. The molecule has 1 aromatic carbocycles. The molecule has 3 N–H and O–H groups in total. The normalized spacial score (nSPS) is 18.9. The number of hydrogen-bond donors (Lipinski definition) is 2. The van der Waals surface area contributed by atoms with Crippen LogP contribution in [-0.2, 0) is 0 Å². The van der Waals surface area contributed by atoms with Crippen molar-refractivity contribution in [3.05, 3.63) is 29.6 Å². The van der Waals surface area contributed by atoms with Crippen LogP contribution in [0.1, 0.15) is 23.2 Å². The number of anilines is 1. The molecule has 5 heteroatoms. The standard InChI is InChI=1S/C13H18FN3O/c1-17(8-10-3-2-6-16-10)12-5-4-9(13(15)18)7-11(12)14/h4-5,7,10,16H,2-3,6,8H2,1H3,(H2,15,18). The lowest BCUT2D eigenvalue weighted by Gasteiger charge is -2.23. The van der Waals surface area contributed by atoms with Crippen LogP contribution in [0.2, 0.25) is 0 Å². The van der Waals surface area contributed by atoms with Gasteiger partial charge in [0.2, 0.25) is 5.91 Å². The fraction of sp³-hybridized carbons (Fsp3) is 0.462. The van der Waals surface area contributed by atoms with Crippen molar-refractivity contribution in [1.29, 1.82) is 0 Å². The number of nitrogens with two attached hydrogens (primary N) is 1. The molecule has 98 valence electrons. The predicted octanol–water partition coefficient (Wildman–Crippen LogP) is 1.11. The molecule has 1 unspecified atom stereocenters. The van der Waals surface area contributed by atoms with E-state index in [9.17, 15) is 9.18 Å². The third-order valence-corrected chi connectivity index (χ3v) is 3.30. The lowest BCUT2D eigenvalue weighted by atomic mass is 10.1. The molecule has 1 fully saturated rings. The Morgan fingerprint density at radius 1 is 1.61 bits per heavy atom. The Bertz CT molecular complexity index is 444. The molecule has 1 atom stereocenters. The molecule has 1 aliphatic heterocycles. The molecule has 0 saturated carbocycles. The number of carbonyl (C=O) groups is 1. The van der Waals surface area contributed by atoms with Gasteiger partial charge in [-0.05, 0) is 37.6 Å². The Morgan fingerprint density at radius 2 is 2.39 bits per heavy atom. The van der Waals surface area contributed by atoms with Crippen molar-refractivity contribution in [2.75, 3.05) is 25.0 Å². The molecule has 1 aromatic rings. The van der Waals surface area contributed by atoms with Crippen molar-refractivity contribution in [3.8, 4) is 0 Å². The van der Waals surface area contributed by atoms with Crippen molar-refractivity contribution in [3.63, 3.8) is 0 Å². The van der Waals surface area contributed by atoms with Gasteiger partial charge in [-0.2, -0.15) is 0 Å². The number of rotatable bonds is 4. The van der Waals surface area contributed by atoms with Gasteiger partial charge in [-0.25, -0.2) is 4.39 Å². The topological polar surface area (TPSA) is 58.4 Å². The summed E-state index contributed by atoms with van der Waals surface area (Å²) in [5, 5.41) is 3.37. The monoisotopic (exact) mass is 251 g/mol. The number of hydrogen-bond acceptors (Lipinski definition) is 3. The van der Waals surface area contributed by atoms with E-state index >= 15 is 0 Å². The van der Waals surface area contributed by atoms with Gasteiger partial charge in [-0.3, -0.25) is 4.79 Å². The summed E-state index contributed by atoms with van der Waals surface area (Å²) in [6, 6.07) is 4.75. The highest BCUT2D eigenvalue weighted by Gasteiger charge is 2.18. The van der Waals surface area contributed by atoms with Crippen LogP contribution < -0.4 is 16.0 Å². The summed E-state index contributed by atoms with van der Waals surface area (Å²) in [5.41, 5.74) is 5.80. The summed E-state index contributed by atoms with van der Waals surface area (Å²) < 4.78 is 13.9. The van der Waals surface area contributed by atoms with Gasteiger partial charge in [0.05, 0.1) is 5.69 Å². The first-order chi connectivity index (χ1) is 8.58. The van der Waals surface area contributed by atoms with Crippen molar-refractivity contribution in [2.45, 2.75) is 18.9 Å². The molecule has 0 aromatic heterocycles. The van der Waals surface area contributed by atoms with Crippen LogP contribution in [0.5, 0.6) is 0 Å². The summed E-state index contributed by atoms with van der Waals surface area (Å²) in [4.78, 5) is 12.8. The number of amides is 1. The first-order valence-electron chi connectivity index (χ1n) is 6.12. The van der Waals surface area contributed by atoms with Crippen LogP contribution in [-0.4, -0.2) is 32.1 Å². The first-order valence-corrected chi connectivity index (χ1v) is 6.12. The molecule has 18 heavy (non-hydrogen) atoms. The van der Waals surface area contributed by atoms with Crippen LogP contribution in [0.15, 0.2) is 18.2 Å². The summed E-state index contributed by atoms with van der Waals surface area (Å²) in [6.07, 6.45) is 2.28. The largest absolute Gasteiger partial charge is 0.371 e. The zero-order chi connectivity index (χ0) is 13.1. The molecule has 0 spiro atoms. The molecule has 0 aliphatic carbocycles. The highest BCUT2D eigenvalue weighted by molar-refractivity contribution is 5.93. The van der Waals surface area contributed by atoms with Gasteiger partial charge in [0.15, 0.2) is 0 Å². The average Bonchev–Trinajstić information content (AvgIpc) is 2.81. The van der Waals surface area contributed by atoms with E-state index in [-0.39, 0.29) is 5.56 Å². The summed E-state index contributed by atoms with van der Waals surface area (Å²) in [7, 11) is 1.85. The van der Waals surface area contributed by atoms with Crippen LogP contribution in [0, 0.1) is 5.82 Å². The smallest absolute Gasteiger partial charge is 0.248 e. The number of carbonyl (C=O) groups excluding carboxylic acids is 1. The second-order valence-electron chi connectivity index (χ2n) is 4.70. The quantitative estimate of drug-likeness (QED) is 0.843.